The quantitative estimate of drug-likeness (QED) is 0.834. The Kier molecular flexibility index (Phi) is 4.73. The van der Waals surface area contributed by atoms with E-state index in [9.17, 15) is 0 Å². The van der Waals surface area contributed by atoms with E-state index < -0.39 is 0 Å². The molecule has 4 heteroatoms. The summed E-state index contributed by atoms with van der Waals surface area (Å²) in [5.41, 5.74) is 0.793. The zero-order chi connectivity index (χ0) is 16.8. The Morgan fingerprint density at radius 3 is 1.00 bits per heavy atom. The van der Waals surface area contributed by atoms with Crippen LogP contribution in [0.2, 0.25) is 0 Å². The maximum Gasteiger partial charge on any atom is 0.0257 e. The van der Waals surface area contributed by atoms with Gasteiger partial charge >= 0.3 is 0 Å². The Balaban J connectivity index is 1.92. The Labute approximate surface area is 138 Å². The molecular formula is C18H38N4. The average molecular weight is 311 g/mol. The van der Waals surface area contributed by atoms with Crippen LogP contribution in [0.3, 0.4) is 0 Å². The van der Waals surface area contributed by atoms with Gasteiger partial charge in [0.25, 0.3) is 0 Å². The molecule has 0 aromatic rings. The molecule has 0 atom stereocenters. The molecule has 0 amide bonds. The van der Waals surface area contributed by atoms with E-state index in [2.05, 4.69) is 75.8 Å². The summed E-state index contributed by atoms with van der Waals surface area (Å²) in [6, 6.07) is 0. The van der Waals surface area contributed by atoms with E-state index in [4.69, 9.17) is 0 Å². The average Bonchev–Trinajstić information content (AvgIpc) is 2.17. The van der Waals surface area contributed by atoms with Crippen molar-refractivity contribution in [3.8, 4) is 0 Å². The Hall–Kier alpha value is -0.160. The molecule has 0 radical (unpaired) electrons. The fraction of sp³-hybridized carbons (Fsp3) is 1.00. The van der Waals surface area contributed by atoms with Crippen molar-refractivity contribution in [3.63, 3.8) is 0 Å². The van der Waals surface area contributed by atoms with Gasteiger partial charge in [0, 0.05) is 61.4 Å². The van der Waals surface area contributed by atoms with Crippen molar-refractivity contribution in [2.45, 2.75) is 77.5 Å². The zero-order valence-corrected chi connectivity index (χ0v) is 16.1. The highest BCUT2D eigenvalue weighted by Gasteiger charge is 2.38. The van der Waals surface area contributed by atoms with E-state index >= 15 is 0 Å². The van der Waals surface area contributed by atoms with Gasteiger partial charge in [0.05, 0.1) is 0 Å². The molecule has 0 aromatic carbocycles. The van der Waals surface area contributed by atoms with Crippen LogP contribution >= 0.6 is 0 Å². The van der Waals surface area contributed by atoms with Crippen molar-refractivity contribution >= 4 is 0 Å². The summed E-state index contributed by atoms with van der Waals surface area (Å²) < 4.78 is 0. The summed E-state index contributed by atoms with van der Waals surface area (Å²) in [6.07, 6.45) is 0. The van der Waals surface area contributed by atoms with Crippen molar-refractivity contribution in [1.29, 1.82) is 0 Å². The lowest BCUT2D eigenvalue weighted by molar-refractivity contribution is 0.0424. The van der Waals surface area contributed by atoms with Gasteiger partial charge < -0.3 is 10.6 Å². The van der Waals surface area contributed by atoms with E-state index in [1.807, 2.05) is 0 Å². The fourth-order valence-electron chi connectivity index (χ4n) is 4.94. The van der Waals surface area contributed by atoms with Crippen LogP contribution < -0.4 is 10.6 Å². The molecular weight excluding hydrogens is 272 g/mol. The third kappa shape index (κ3) is 5.19. The van der Waals surface area contributed by atoms with Crippen LogP contribution in [0, 0.1) is 0 Å². The molecule has 0 aromatic heterocycles. The van der Waals surface area contributed by atoms with Crippen LogP contribution in [-0.2, 0) is 0 Å². The number of nitrogens with one attached hydrogen (secondary N) is 2. The molecule has 4 nitrogen and oxygen atoms in total. The van der Waals surface area contributed by atoms with E-state index in [0.717, 1.165) is 26.2 Å². The van der Waals surface area contributed by atoms with E-state index in [0.29, 0.717) is 0 Å². The number of piperazine rings is 2. The number of rotatable bonds is 3. The van der Waals surface area contributed by atoms with Crippen LogP contribution in [0.5, 0.6) is 0 Å². The molecule has 130 valence electrons. The second-order valence-corrected chi connectivity index (χ2v) is 10.2. The molecule has 0 spiro atoms. The molecule has 0 unspecified atom stereocenters. The molecule has 2 heterocycles. The van der Waals surface area contributed by atoms with Gasteiger partial charge in [0.1, 0.15) is 0 Å². The molecule has 2 fully saturated rings. The summed E-state index contributed by atoms with van der Waals surface area (Å²) in [7, 11) is 0. The van der Waals surface area contributed by atoms with Gasteiger partial charge in [-0.25, -0.2) is 0 Å². The summed E-state index contributed by atoms with van der Waals surface area (Å²) >= 11 is 0. The minimum absolute atomic E-state index is 0.198. The zero-order valence-electron chi connectivity index (χ0n) is 16.1. The SMILES string of the molecule is CC1(C)CN(CCN2CC(C)(C)NC(C)(C)C2)CC(C)(C)N1. The topological polar surface area (TPSA) is 30.5 Å². The monoisotopic (exact) mass is 310 g/mol. The first kappa shape index (κ1) is 18.2. The molecule has 0 aliphatic carbocycles. The normalized spacial score (nSPS) is 31.1. The predicted octanol–water partition coefficient (Wildman–Crippen LogP) is 1.91. The maximum atomic E-state index is 3.76. The van der Waals surface area contributed by atoms with Crippen molar-refractivity contribution in [3.05, 3.63) is 0 Å². The summed E-state index contributed by atoms with van der Waals surface area (Å²) in [4.78, 5) is 5.27. The first-order valence-corrected chi connectivity index (χ1v) is 8.81. The van der Waals surface area contributed by atoms with Crippen molar-refractivity contribution in [2.75, 3.05) is 39.3 Å². The largest absolute Gasteiger partial charge is 0.304 e. The highest BCUT2D eigenvalue weighted by molar-refractivity contribution is 5.00. The van der Waals surface area contributed by atoms with E-state index in [-0.39, 0.29) is 22.2 Å². The molecule has 22 heavy (non-hydrogen) atoms. The smallest absolute Gasteiger partial charge is 0.0257 e. The minimum Gasteiger partial charge on any atom is -0.304 e. The molecule has 0 saturated carbocycles. The summed E-state index contributed by atoms with van der Waals surface area (Å²) in [5.74, 6) is 0. The Morgan fingerprint density at radius 1 is 0.545 bits per heavy atom. The third-order valence-electron chi connectivity index (χ3n) is 4.56. The van der Waals surface area contributed by atoms with Crippen molar-refractivity contribution < 1.29 is 0 Å². The summed E-state index contributed by atoms with van der Waals surface area (Å²) in [5, 5.41) is 7.52. The first-order valence-electron chi connectivity index (χ1n) is 8.81. The van der Waals surface area contributed by atoms with Gasteiger partial charge in [0.2, 0.25) is 0 Å². The molecule has 0 bridgehead atoms. The second-order valence-electron chi connectivity index (χ2n) is 10.2. The minimum atomic E-state index is 0.198. The number of hydrogen-bond acceptors (Lipinski definition) is 4. The van der Waals surface area contributed by atoms with Gasteiger partial charge in [-0.15, -0.1) is 0 Å². The first-order chi connectivity index (χ1) is 9.78. The predicted molar refractivity (Wildman–Crippen MR) is 95.5 cm³/mol. The lowest BCUT2D eigenvalue weighted by Crippen LogP contribution is -2.69. The van der Waals surface area contributed by atoms with Gasteiger partial charge in [-0.1, -0.05) is 0 Å². The van der Waals surface area contributed by atoms with Crippen LogP contribution in [-0.4, -0.2) is 71.2 Å². The third-order valence-corrected chi connectivity index (χ3v) is 4.56. The van der Waals surface area contributed by atoms with Gasteiger partial charge in [-0.2, -0.15) is 0 Å². The van der Waals surface area contributed by atoms with E-state index in [1.165, 1.54) is 13.1 Å². The highest BCUT2D eigenvalue weighted by atomic mass is 15.3. The Bertz CT molecular complexity index is 328. The molecule has 2 aliphatic rings. The number of nitrogens with zero attached hydrogens (tertiary/aromatic N) is 2. The van der Waals surface area contributed by atoms with Gasteiger partial charge in [-0.05, 0) is 55.4 Å². The van der Waals surface area contributed by atoms with E-state index in [1.54, 1.807) is 0 Å². The summed E-state index contributed by atoms with van der Waals surface area (Å²) in [6.45, 7) is 25.4. The van der Waals surface area contributed by atoms with Crippen LogP contribution in [0.15, 0.2) is 0 Å². The maximum absolute atomic E-state index is 3.76. The van der Waals surface area contributed by atoms with Crippen LogP contribution in [0.25, 0.3) is 0 Å². The molecule has 2 aliphatic heterocycles. The van der Waals surface area contributed by atoms with Gasteiger partial charge in [0.15, 0.2) is 0 Å². The van der Waals surface area contributed by atoms with Crippen LogP contribution in [0.1, 0.15) is 55.4 Å². The standard InChI is InChI=1S/C18H38N4/c1-15(2)11-21(12-16(3,4)19-15)9-10-22-13-17(5,6)20-18(7,8)14-22/h19-20H,9-14H2,1-8H3. The molecule has 2 N–H and O–H groups in total. The molecule has 2 rings (SSSR count). The molecule has 2 saturated heterocycles. The second kappa shape index (κ2) is 5.73. The lowest BCUT2D eigenvalue weighted by atomic mass is 9.90. The van der Waals surface area contributed by atoms with Gasteiger partial charge in [-0.3, -0.25) is 9.80 Å². The van der Waals surface area contributed by atoms with Crippen molar-refractivity contribution in [1.82, 2.24) is 20.4 Å². The lowest BCUT2D eigenvalue weighted by Gasteiger charge is -2.51. The Morgan fingerprint density at radius 2 is 0.773 bits per heavy atom. The van der Waals surface area contributed by atoms with Crippen LogP contribution in [0.4, 0.5) is 0 Å². The van der Waals surface area contributed by atoms with Crippen molar-refractivity contribution in [2.24, 2.45) is 0 Å². The fourth-order valence-corrected chi connectivity index (χ4v) is 4.94. The highest BCUT2D eigenvalue weighted by Crippen LogP contribution is 2.23. The number of hydrogen-bond donors (Lipinski definition) is 2.